The van der Waals surface area contributed by atoms with Crippen molar-refractivity contribution >= 4 is 34.7 Å². The van der Waals surface area contributed by atoms with Gasteiger partial charge in [0, 0.05) is 42.4 Å². The number of anilines is 1. The van der Waals surface area contributed by atoms with Crippen molar-refractivity contribution in [2.45, 2.75) is 27.2 Å². The van der Waals surface area contributed by atoms with Crippen LogP contribution in [0.2, 0.25) is 10.0 Å². The van der Waals surface area contributed by atoms with Crippen molar-refractivity contribution in [1.29, 1.82) is 0 Å². The van der Waals surface area contributed by atoms with Crippen molar-refractivity contribution in [1.82, 2.24) is 10.1 Å². The summed E-state index contributed by atoms with van der Waals surface area (Å²) in [6.07, 6.45) is 2.16. The van der Waals surface area contributed by atoms with E-state index in [-0.39, 0.29) is 11.7 Å². The summed E-state index contributed by atoms with van der Waals surface area (Å²) in [7, 11) is 0. The summed E-state index contributed by atoms with van der Waals surface area (Å²) in [6, 6.07) is 10.7. The van der Waals surface area contributed by atoms with E-state index >= 15 is 0 Å². The minimum absolute atomic E-state index is 0.0639. The topological polar surface area (TPSA) is 68.0 Å². The van der Waals surface area contributed by atoms with Gasteiger partial charge in [-0.15, -0.1) is 0 Å². The number of halogens is 2. The van der Waals surface area contributed by atoms with Gasteiger partial charge in [-0.1, -0.05) is 55.2 Å². The number of benzene rings is 1. The molecule has 2 heterocycles. The first-order valence-electron chi connectivity index (χ1n) is 9.51. The Labute approximate surface area is 180 Å². The van der Waals surface area contributed by atoms with Crippen LogP contribution in [0.3, 0.4) is 0 Å². The summed E-state index contributed by atoms with van der Waals surface area (Å²) in [5, 5.41) is 8.36. The molecule has 0 bridgehead atoms. The van der Waals surface area contributed by atoms with Gasteiger partial charge in [0.1, 0.15) is 17.2 Å². The van der Waals surface area contributed by atoms with Crippen LogP contribution in [0.4, 0.5) is 5.69 Å². The van der Waals surface area contributed by atoms with Gasteiger partial charge in [0.25, 0.3) is 0 Å². The highest BCUT2D eigenvalue weighted by Crippen LogP contribution is 2.35. The fourth-order valence-corrected chi connectivity index (χ4v) is 3.45. The Bertz CT molecular complexity index is 981. The molecule has 0 radical (unpaired) electrons. The molecule has 0 saturated carbocycles. The van der Waals surface area contributed by atoms with E-state index in [4.69, 9.17) is 27.7 Å². The fourth-order valence-electron chi connectivity index (χ4n) is 2.86. The Kier molecular flexibility index (Phi) is 6.93. The second-order valence-corrected chi connectivity index (χ2v) is 8.09. The molecule has 3 aromatic rings. The van der Waals surface area contributed by atoms with E-state index in [9.17, 15) is 4.79 Å². The van der Waals surface area contributed by atoms with Gasteiger partial charge < -0.3 is 9.84 Å². The van der Waals surface area contributed by atoms with E-state index in [1.54, 1.807) is 30.5 Å². The highest BCUT2D eigenvalue weighted by atomic mass is 35.5. The lowest BCUT2D eigenvalue weighted by molar-refractivity contribution is -0.123. The second kappa shape index (κ2) is 9.42. The van der Waals surface area contributed by atoms with Crippen LogP contribution in [0.5, 0.6) is 0 Å². The molecule has 2 aromatic heterocycles. The van der Waals surface area contributed by atoms with Gasteiger partial charge in [-0.25, -0.2) is 0 Å². The molecular weight excluding hydrogens is 409 g/mol. The molecule has 152 valence electrons. The Morgan fingerprint density at radius 3 is 2.52 bits per heavy atom. The average Bonchev–Trinajstić information content (AvgIpc) is 3.17. The van der Waals surface area contributed by atoms with Crippen LogP contribution < -0.4 is 5.32 Å². The molecule has 0 aliphatic heterocycles. The molecule has 1 unspecified atom stereocenters. The molecule has 0 spiro atoms. The van der Waals surface area contributed by atoms with Crippen LogP contribution in [0, 0.1) is 11.8 Å². The fraction of sp³-hybridized carbons (Fsp3) is 0.318. The van der Waals surface area contributed by atoms with Crippen LogP contribution >= 0.6 is 23.2 Å². The first kappa shape index (κ1) is 21.3. The predicted octanol–water partition coefficient (Wildman–Crippen LogP) is 6.37. The molecule has 0 fully saturated rings. The summed E-state index contributed by atoms with van der Waals surface area (Å²) >= 11 is 12.5. The van der Waals surface area contributed by atoms with Gasteiger partial charge in [0.2, 0.25) is 0 Å². The Morgan fingerprint density at radius 2 is 1.83 bits per heavy atom. The largest absolute Gasteiger partial charge is 0.384 e. The number of carbonyl (C=O) groups excluding carboxylic acids is 1. The summed E-state index contributed by atoms with van der Waals surface area (Å²) in [4.78, 5) is 16.5. The highest BCUT2D eigenvalue weighted by Gasteiger charge is 2.17. The van der Waals surface area contributed by atoms with Gasteiger partial charge in [-0.2, -0.15) is 0 Å². The molecule has 3 rings (SSSR count). The van der Waals surface area contributed by atoms with Crippen molar-refractivity contribution in [3.05, 3.63) is 52.6 Å². The molecule has 5 nitrogen and oxygen atoms in total. The maximum atomic E-state index is 12.2. The molecule has 0 aliphatic carbocycles. The average molecular weight is 432 g/mol. The lowest BCUT2D eigenvalue weighted by Crippen LogP contribution is -2.19. The summed E-state index contributed by atoms with van der Waals surface area (Å²) in [5.41, 5.74) is 2.65. The number of ketones is 1. The lowest BCUT2D eigenvalue weighted by atomic mass is 9.92. The zero-order chi connectivity index (χ0) is 21.0. The Morgan fingerprint density at radius 1 is 1.10 bits per heavy atom. The molecule has 1 atom stereocenters. The van der Waals surface area contributed by atoms with Gasteiger partial charge in [-0.3, -0.25) is 9.78 Å². The van der Waals surface area contributed by atoms with Gasteiger partial charge in [-0.05, 0) is 30.2 Å². The molecule has 7 heteroatoms. The number of pyridine rings is 1. The van der Waals surface area contributed by atoms with E-state index in [1.807, 2.05) is 19.1 Å². The third kappa shape index (κ3) is 5.17. The van der Waals surface area contributed by atoms with Crippen molar-refractivity contribution in [3.8, 4) is 22.7 Å². The summed E-state index contributed by atoms with van der Waals surface area (Å²) in [5.74, 6) is 1.18. The van der Waals surface area contributed by atoms with Crippen LogP contribution in [0.25, 0.3) is 22.7 Å². The van der Waals surface area contributed by atoms with E-state index < -0.39 is 0 Å². The van der Waals surface area contributed by atoms with E-state index in [2.05, 4.69) is 29.3 Å². The van der Waals surface area contributed by atoms with Crippen LogP contribution in [0.15, 0.2) is 47.1 Å². The molecule has 29 heavy (non-hydrogen) atoms. The highest BCUT2D eigenvalue weighted by molar-refractivity contribution is 6.39. The number of nitrogens with one attached hydrogen (secondary N) is 1. The Balaban J connectivity index is 1.71. The zero-order valence-electron chi connectivity index (χ0n) is 16.6. The van der Waals surface area contributed by atoms with E-state index in [1.165, 1.54) is 0 Å². The minimum atomic E-state index is 0.0639. The number of nitrogens with zero attached hydrogens (tertiary/aromatic N) is 2. The number of Topliss-reactive ketones (excluding diaryl/α,β-unsaturated/α-hetero) is 1. The molecule has 0 aliphatic rings. The maximum Gasteiger partial charge on any atom is 0.185 e. The van der Waals surface area contributed by atoms with E-state index in [0.29, 0.717) is 51.6 Å². The number of hydrogen-bond acceptors (Lipinski definition) is 5. The SMILES string of the molecule is CC(C)C(C)C(=O)CCNc1ccnc(-c2cc(-c3c(Cl)cccc3Cl)no2)c1. The molecule has 1 N–H and O–H groups in total. The number of rotatable bonds is 8. The van der Waals surface area contributed by atoms with Gasteiger partial charge >= 0.3 is 0 Å². The minimum Gasteiger partial charge on any atom is -0.384 e. The molecular formula is C22H23Cl2N3O2. The van der Waals surface area contributed by atoms with Crippen molar-refractivity contribution < 1.29 is 9.32 Å². The normalized spacial score (nSPS) is 12.2. The molecule has 0 saturated heterocycles. The molecule has 0 amide bonds. The summed E-state index contributed by atoms with van der Waals surface area (Å²) in [6.45, 7) is 6.67. The van der Waals surface area contributed by atoms with Crippen LogP contribution in [0.1, 0.15) is 27.2 Å². The van der Waals surface area contributed by atoms with Crippen molar-refractivity contribution in [2.75, 3.05) is 11.9 Å². The first-order chi connectivity index (χ1) is 13.9. The molecule has 1 aromatic carbocycles. The van der Waals surface area contributed by atoms with Crippen LogP contribution in [-0.4, -0.2) is 22.5 Å². The smallest absolute Gasteiger partial charge is 0.185 e. The van der Waals surface area contributed by atoms with E-state index in [0.717, 1.165) is 5.69 Å². The number of carbonyl (C=O) groups is 1. The third-order valence-corrected chi connectivity index (χ3v) is 5.58. The quantitative estimate of drug-likeness (QED) is 0.448. The lowest BCUT2D eigenvalue weighted by Gasteiger charge is -2.14. The summed E-state index contributed by atoms with van der Waals surface area (Å²) < 4.78 is 5.46. The predicted molar refractivity (Wildman–Crippen MR) is 117 cm³/mol. The van der Waals surface area contributed by atoms with Gasteiger partial charge in [0.15, 0.2) is 5.76 Å². The van der Waals surface area contributed by atoms with Crippen LogP contribution in [-0.2, 0) is 4.79 Å². The number of aromatic nitrogens is 2. The van der Waals surface area contributed by atoms with Crippen molar-refractivity contribution in [2.24, 2.45) is 11.8 Å². The standard InChI is InChI=1S/C22H23Cl2N3O2/c1-13(2)14(3)20(28)8-10-25-15-7-9-26-18(11-15)21-12-19(27-29-21)22-16(23)5-4-6-17(22)24/h4-7,9,11-14H,8,10H2,1-3H3,(H,25,26). The van der Waals surface area contributed by atoms with Gasteiger partial charge in [0.05, 0.1) is 10.0 Å². The monoisotopic (exact) mass is 431 g/mol. The third-order valence-electron chi connectivity index (χ3n) is 4.95. The van der Waals surface area contributed by atoms with Crippen molar-refractivity contribution in [3.63, 3.8) is 0 Å². The zero-order valence-corrected chi connectivity index (χ0v) is 18.1. The second-order valence-electron chi connectivity index (χ2n) is 7.28. The number of hydrogen-bond donors (Lipinski definition) is 1. The Hall–Kier alpha value is -2.37. The first-order valence-corrected chi connectivity index (χ1v) is 10.3. The maximum absolute atomic E-state index is 12.2.